The van der Waals surface area contributed by atoms with Crippen LogP contribution >= 0.6 is 23.2 Å². The van der Waals surface area contributed by atoms with Crippen molar-refractivity contribution in [1.29, 1.82) is 5.26 Å². The standard InChI is InChI=1S/C12H9Cl2N3/c1-17-9(4-5-15)7-16-12(17)10-3-2-8(13)6-11(10)14/h2-3,6-7H,4H2,1H3. The highest BCUT2D eigenvalue weighted by molar-refractivity contribution is 6.36. The Balaban J connectivity index is 2.50. The molecule has 1 aromatic heterocycles. The molecular formula is C12H9Cl2N3. The van der Waals surface area contributed by atoms with Crippen LogP contribution in [0.3, 0.4) is 0 Å². The fraction of sp³-hybridized carbons (Fsp3) is 0.167. The summed E-state index contributed by atoms with van der Waals surface area (Å²) in [7, 11) is 1.86. The molecule has 0 saturated heterocycles. The molecule has 0 unspecified atom stereocenters. The lowest BCUT2D eigenvalue weighted by Crippen LogP contribution is -1.98. The van der Waals surface area contributed by atoms with Crippen LogP contribution in [0.4, 0.5) is 0 Å². The monoisotopic (exact) mass is 265 g/mol. The largest absolute Gasteiger partial charge is 0.330 e. The lowest BCUT2D eigenvalue weighted by atomic mass is 10.2. The summed E-state index contributed by atoms with van der Waals surface area (Å²) in [5, 5.41) is 9.82. The van der Waals surface area contributed by atoms with E-state index in [-0.39, 0.29) is 0 Å². The molecule has 1 aromatic carbocycles. The van der Waals surface area contributed by atoms with Crippen LogP contribution in [0.25, 0.3) is 11.4 Å². The molecule has 86 valence electrons. The fourth-order valence-electron chi connectivity index (χ4n) is 1.61. The molecule has 5 heteroatoms. The maximum absolute atomic E-state index is 8.68. The number of halogens is 2. The molecule has 0 aliphatic carbocycles. The van der Waals surface area contributed by atoms with Gasteiger partial charge in [-0.15, -0.1) is 0 Å². The zero-order valence-electron chi connectivity index (χ0n) is 9.11. The van der Waals surface area contributed by atoms with Crippen molar-refractivity contribution in [3.63, 3.8) is 0 Å². The van der Waals surface area contributed by atoms with Crippen molar-refractivity contribution in [3.8, 4) is 17.5 Å². The second-order valence-corrected chi connectivity index (χ2v) is 4.43. The van der Waals surface area contributed by atoms with Crippen LogP contribution in [0.15, 0.2) is 24.4 Å². The molecule has 0 atom stereocenters. The molecule has 0 fully saturated rings. The van der Waals surface area contributed by atoms with Gasteiger partial charge in [0.05, 0.1) is 23.2 Å². The molecular weight excluding hydrogens is 257 g/mol. The van der Waals surface area contributed by atoms with Gasteiger partial charge in [0, 0.05) is 23.8 Å². The Labute approximate surface area is 109 Å². The Hall–Kier alpha value is -1.50. The molecule has 0 aliphatic rings. The van der Waals surface area contributed by atoms with Crippen LogP contribution in [0.5, 0.6) is 0 Å². The zero-order chi connectivity index (χ0) is 12.4. The van der Waals surface area contributed by atoms with Crippen molar-refractivity contribution in [2.75, 3.05) is 0 Å². The number of aromatic nitrogens is 2. The summed E-state index contributed by atoms with van der Waals surface area (Å²) in [6.07, 6.45) is 2.01. The van der Waals surface area contributed by atoms with Gasteiger partial charge in [-0.1, -0.05) is 23.2 Å². The second kappa shape index (κ2) is 4.79. The first-order valence-corrected chi connectivity index (χ1v) is 5.72. The molecule has 0 amide bonds. The van der Waals surface area contributed by atoms with Gasteiger partial charge in [0.2, 0.25) is 0 Å². The van der Waals surface area contributed by atoms with Crippen molar-refractivity contribution < 1.29 is 0 Å². The smallest absolute Gasteiger partial charge is 0.141 e. The average Bonchev–Trinajstić information content (AvgIpc) is 2.62. The highest BCUT2D eigenvalue weighted by atomic mass is 35.5. The van der Waals surface area contributed by atoms with Crippen LogP contribution in [0, 0.1) is 11.3 Å². The number of imidazole rings is 1. The minimum Gasteiger partial charge on any atom is -0.330 e. The Kier molecular flexibility index (Phi) is 3.37. The Morgan fingerprint density at radius 1 is 1.41 bits per heavy atom. The van der Waals surface area contributed by atoms with E-state index in [1.54, 1.807) is 18.3 Å². The molecule has 1 heterocycles. The van der Waals surface area contributed by atoms with E-state index in [1.807, 2.05) is 17.7 Å². The van der Waals surface area contributed by atoms with Gasteiger partial charge in [-0.3, -0.25) is 0 Å². The van der Waals surface area contributed by atoms with Crippen LogP contribution in [-0.4, -0.2) is 9.55 Å². The van der Waals surface area contributed by atoms with E-state index in [0.717, 1.165) is 17.1 Å². The van der Waals surface area contributed by atoms with Crippen molar-refractivity contribution in [3.05, 3.63) is 40.1 Å². The van der Waals surface area contributed by atoms with Gasteiger partial charge < -0.3 is 4.57 Å². The van der Waals surface area contributed by atoms with E-state index < -0.39 is 0 Å². The molecule has 17 heavy (non-hydrogen) atoms. The first-order valence-electron chi connectivity index (χ1n) is 4.96. The maximum Gasteiger partial charge on any atom is 0.141 e. The van der Waals surface area contributed by atoms with E-state index >= 15 is 0 Å². The van der Waals surface area contributed by atoms with Crippen molar-refractivity contribution in [1.82, 2.24) is 9.55 Å². The van der Waals surface area contributed by atoms with Gasteiger partial charge in [-0.25, -0.2) is 4.98 Å². The summed E-state index contributed by atoms with van der Waals surface area (Å²) < 4.78 is 1.86. The van der Waals surface area contributed by atoms with Crippen LogP contribution in [-0.2, 0) is 13.5 Å². The molecule has 0 N–H and O–H groups in total. The molecule has 0 radical (unpaired) electrons. The van der Waals surface area contributed by atoms with E-state index in [2.05, 4.69) is 11.1 Å². The summed E-state index contributed by atoms with van der Waals surface area (Å²) in [5.74, 6) is 0.733. The summed E-state index contributed by atoms with van der Waals surface area (Å²) in [6, 6.07) is 7.36. The van der Waals surface area contributed by atoms with Crippen LogP contribution in [0.2, 0.25) is 10.0 Å². The number of rotatable bonds is 2. The first-order chi connectivity index (χ1) is 8.13. The fourth-order valence-corrected chi connectivity index (χ4v) is 2.10. The SMILES string of the molecule is Cn1c(CC#N)cnc1-c1ccc(Cl)cc1Cl. The molecule has 2 rings (SSSR count). The number of hydrogen-bond acceptors (Lipinski definition) is 2. The second-order valence-electron chi connectivity index (χ2n) is 3.59. The molecule has 2 aromatic rings. The quantitative estimate of drug-likeness (QED) is 0.835. The van der Waals surface area contributed by atoms with E-state index in [4.69, 9.17) is 28.5 Å². The van der Waals surface area contributed by atoms with Gasteiger partial charge in [-0.05, 0) is 18.2 Å². The van der Waals surface area contributed by atoms with Gasteiger partial charge >= 0.3 is 0 Å². The molecule has 0 bridgehead atoms. The predicted octanol–water partition coefficient (Wildman–Crippen LogP) is 3.46. The van der Waals surface area contributed by atoms with Gasteiger partial charge in [0.1, 0.15) is 5.82 Å². The topological polar surface area (TPSA) is 41.6 Å². The maximum atomic E-state index is 8.68. The normalized spacial score (nSPS) is 10.2. The third kappa shape index (κ3) is 2.28. The van der Waals surface area contributed by atoms with Crippen molar-refractivity contribution in [2.45, 2.75) is 6.42 Å². The predicted molar refractivity (Wildman–Crippen MR) is 68.0 cm³/mol. The minimum absolute atomic E-state index is 0.328. The molecule has 0 spiro atoms. The lowest BCUT2D eigenvalue weighted by Gasteiger charge is -2.06. The zero-order valence-corrected chi connectivity index (χ0v) is 10.6. The number of nitrogens with zero attached hydrogens (tertiary/aromatic N) is 3. The van der Waals surface area contributed by atoms with Gasteiger partial charge in [0.15, 0.2) is 0 Å². The number of nitriles is 1. The Bertz CT molecular complexity index is 596. The highest BCUT2D eigenvalue weighted by Crippen LogP contribution is 2.29. The summed E-state index contributed by atoms with van der Waals surface area (Å²) >= 11 is 12.0. The van der Waals surface area contributed by atoms with Crippen LogP contribution in [0.1, 0.15) is 5.69 Å². The lowest BCUT2D eigenvalue weighted by molar-refractivity contribution is 0.864. The third-order valence-electron chi connectivity index (χ3n) is 2.52. The summed E-state index contributed by atoms with van der Waals surface area (Å²) in [5.41, 5.74) is 1.66. The molecule has 0 aliphatic heterocycles. The van der Waals surface area contributed by atoms with Crippen LogP contribution < -0.4 is 0 Å². The van der Waals surface area contributed by atoms with Crippen molar-refractivity contribution in [2.24, 2.45) is 7.05 Å². The number of benzene rings is 1. The van der Waals surface area contributed by atoms with E-state index in [0.29, 0.717) is 16.5 Å². The minimum atomic E-state index is 0.328. The first kappa shape index (κ1) is 12.0. The van der Waals surface area contributed by atoms with Gasteiger partial charge in [0.25, 0.3) is 0 Å². The summed E-state index contributed by atoms with van der Waals surface area (Å²) in [6.45, 7) is 0. The number of hydrogen-bond donors (Lipinski definition) is 0. The third-order valence-corrected chi connectivity index (χ3v) is 3.06. The van der Waals surface area contributed by atoms with Crippen molar-refractivity contribution >= 4 is 23.2 Å². The molecule has 3 nitrogen and oxygen atoms in total. The van der Waals surface area contributed by atoms with E-state index in [9.17, 15) is 0 Å². The highest BCUT2D eigenvalue weighted by Gasteiger charge is 2.11. The Morgan fingerprint density at radius 3 is 2.82 bits per heavy atom. The van der Waals surface area contributed by atoms with Gasteiger partial charge in [-0.2, -0.15) is 5.26 Å². The average molecular weight is 266 g/mol. The Morgan fingerprint density at radius 2 is 2.18 bits per heavy atom. The molecule has 0 saturated carbocycles. The van der Waals surface area contributed by atoms with E-state index in [1.165, 1.54) is 0 Å². The summed E-state index contributed by atoms with van der Waals surface area (Å²) in [4.78, 5) is 4.28.